The molecule has 5 aromatic rings. The summed E-state index contributed by atoms with van der Waals surface area (Å²) < 4.78 is 33.5. The average Bonchev–Trinajstić information content (AvgIpc) is 3.35. The molecule has 0 aliphatic rings. The number of carbonyl (C=O) groups is 2. The first-order valence-electron chi connectivity index (χ1n) is 23.3. The van der Waals surface area contributed by atoms with Gasteiger partial charge in [-0.3, -0.25) is 0 Å². The van der Waals surface area contributed by atoms with E-state index >= 15 is 0 Å². The summed E-state index contributed by atoms with van der Waals surface area (Å²) >= 11 is 0. The van der Waals surface area contributed by atoms with Crippen molar-refractivity contribution >= 4 is 17.6 Å². The zero-order chi connectivity index (χ0) is 51.0. The van der Waals surface area contributed by atoms with Crippen LogP contribution in [0, 0.1) is 6.92 Å². The van der Waals surface area contributed by atoms with Gasteiger partial charge in [0.2, 0.25) is 0 Å². The molecular weight excluding hydrogens is 891 g/mol. The van der Waals surface area contributed by atoms with E-state index in [0.717, 1.165) is 33.5 Å². The molecule has 13 nitrogen and oxygen atoms in total. The Morgan fingerprint density at radius 2 is 0.729 bits per heavy atom. The molecule has 0 aliphatic carbocycles. The fourth-order valence-corrected chi connectivity index (χ4v) is 7.32. The summed E-state index contributed by atoms with van der Waals surface area (Å²) in [5.41, 5.74) is 5.94. The minimum Gasteiger partial charge on any atom is -0.491 e. The third-order valence-corrected chi connectivity index (χ3v) is 11.8. The van der Waals surface area contributed by atoms with Crippen LogP contribution in [0.5, 0.6) is 23.0 Å². The lowest BCUT2D eigenvalue weighted by Gasteiger charge is -2.30. The molecule has 13 heteroatoms. The molecule has 5 rings (SSSR count). The minimum absolute atomic E-state index is 0.0330. The van der Waals surface area contributed by atoms with Crippen molar-refractivity contribution in [1.29, 1.82) is 0 Å². The van der Waals surface area contributed by atoms with Crippen LogP contribution in [-0.4, -0.2) is 110 Å². The molecule has 0 heterocycles. The van der Waals surface area contributed by atoms with Gasteiger partial charge in [-0.1, -0.05) is 107 Å². The Morgan fingerprint density at radius 1 is 0.457 bits per heavy atom. The van der Waals surface area contributed by atoms with Crippen molar-refractivity contribution in [3.8, 4) is 23.0 Å². The fraction of sp³-hybridized carbons (Fsp3) is 0.368. The first-order chi connectivity index (χ1) is 33.2. The lowest BCUT2D eigenvalue weighted by atomic mass is 9.78. The second-order valence-corrected chi connectivity index (χ2v) is 18.7. The van der Waals surface area contributed by atoms with Gasteiger partial charge in [-0.2, -0.15) is 0 Å². The summed E-state index contributed by atoms with van der Waals surface area (Å²) in [6, 6.07) is 38.7. The van der Waals surface area contributed by atoms with E-state index in [4.69, 9.17) is 28.4 Å². The highest BCUT2D eigenvalue weighted by molar-refractivity contribution is 5.87. The molecule has 0 saturated carbocycles. The number of hydrogen-bond donors (Lipinski definition) is 4. The highest BCUT2D eigenvalue weighted by Gasteiger charge is 2.26. The van der Waals surface area contributed by atoms with Crippen LogP contribution in [0.4, 0.5) is 5.69 Å². The maximum Gasteiger partial charge on any atom is 0.333 e. The smallest absolute Gasteiger partial charge is 0.333 e. The van der Waals surface area contributed by atoms with Crippen LogP contribution >= 0.6 is 0 Å². The van der Waals surface area contributed by atoms with E-state index in [1.165, 1.54) is 0 Å². The number of rotatable bonds is 27. The Morgan fingerprint density at radius 3 is 1.00 bits per heavy atom. The van der Waals surface area contributed by atoms with Crippen molar-refractivity contribution in [3.05, 3.63) is 173 Å². The third-order valence-electron chi connectivity index (χ3n) is 11.8. The van der Waals surface area contributed by atoms with Gasteiger partial charge in [-0.25, -0.2) is 9.59 Å². The van der Waals surface area contributed by atoms with Gasteiger partial charge in [-0.05, 0) is 104 Å². The monoisotopic (exact) mass is 959 g/mol. The summed E-state index contributed by atoms with van der Waals surface area (Å²) in [6.07, 6.45) is -3.71. The van der Waals surface area contributed by atoms with Crippen molar-refractivity contribution < 1.29 is 58.4 Å². The number of aryl methyl sites for hydroxylation is 1. The Labute approximate surface area is 412 Å². The summed E-state index contributed by atoms with van der Waals surface area (Å²) in [6.45, 7) is 20.7. The molecule has 0 saturated heterocycles. The Hall–Kier alpha value is -6.64. The van der Waals surface area contributed by atoms with E-state index < -0.39 is 36.4 Å². The largest absolute Gasteiger partial charge is 0.491 e. The number of esters is 2. The van der Waals surface area contributed by atoms with Gasteiger partial charge in [-0.15, -0.1) is 0 Å². The molecule has 0 aromatic heterocycles. The zero-order valence-electron chi connectivity index (χ0n) is 41.4. The highest BCUT2D eigenvalue weighted by Crippen LogP contribution is 2.35. The predicted molar refractivity (Wildman–Crippen MR) is 271 cm³/mol. The topological polar surface area (TPSA) is 174 Å². The molecule has 4 N–H and O–H groups in total. The Balaban J connectivity index is 1.10. The molecule has 0 spiro atoms. The van der Waals surface area contributed by atoms with Crippen LogP contribution in [0.25, 0.3) is 0 Å². The lowest BCUT2D eigenvalue weighted by molar-refractivity contribution is -0.143. The SMILES string of the molecule is C=C(C)C(=O)OCC(O)COc1ccc(C(C)(C)c2ccc(OCC(O)CN(CC(O)COc3ccc(C(C)(C)c4ccc(OCC(O)COC(=O)C(=C)C)cc4)cc3)c3ccc(C)cc3)cc2)cc1. The van der Waals surface area contributed by atoms with Gasteiger partial charge in [0.1, 0.15) is 87.1 Å². The van der Waals surface area contributed by atoms with Crippen LogP contribution < -0.4 is 23.8 Å². The van der Waals surface area contributed by atoms with Gasteiger partial charge in [0.15, 0.2) is 0 Å². The Bertz CT molecular complexity index is 2300. The van der Waals surface area contributed by atoms with Gasteiger partial charge < -0.3 is 53.7 Å². The lowest BCUT2D eigenvalue weighted by Crippen LogP contribution is -2.41. The first-order valence-corrected chi connectivity index (χ1v) is 23.3. The molecule has 0 amide bonds. The number of hydrogen-bond acceptors (Lipinski definition) is 13. The molecular formula is C57H69NO12. The fourth-order valence-electron chi connectivity index (χ4n) is 7.32. The average molecular weight is 960 g/mol. The molecule has 5 aromatic carbocycles. The van der Waals surface area contributed by atoms with Crippen LogP contribution in [0.2, 0.25) is 0 Å². The van der Waals surface area contributed by atoms with Crippen molar-refractivity contribution in [3.63, 3.8) is 0 Å². The van der Waals surface area contributed by atoms with E-state index in [2.05, 4.69) is 40.9 Å². The van der Waals surface area contributed by atoms with E-state index in [1.54, 1.807) is 13.8 Å². The van der Waals surface area contributed by atoms with Crippen LogP contribution in [0.1, 0.15) is 69.4 Å². The van der Waals surface area contributed by atoms with E-state index in [0.29, 0.717) is 23.0 Å². The van der Waals surface area contributed by atoms with Gasteiger partial charge in [0.05, 0.1) is 0 Å². The van der Waals surface area contributed by atoms with E-state index in [9.17, 15) is 30.0 Å². The maximum absolute atomic E-state index is 11.6. The Kier molecular flexibility index (Phi) is 19.6. The van der Waals surface area contributed by atoms with E-state index in [1.807, 2.05) is 133 Å². The highest BCUT2D eigenvalue weighted by atomic mass is 16.6. The summed E-state index contributed by atoms with van der Waals surface area (Å²) in [5, 5.41) is 42.7. The van der Waals surface area contributed by atoms with Crippen molar-refractivity contribution in [2.75, 3.05) is 57.6 Å². The summed E-state index contributed by atoms with van der Waals surface area (Å²) in [7, 11) is 0. The molecule has 0 fully saturated rings. The van der Waals surface area contributed by atoms with Crippen LogP contribution in [-0.2, 0) is 29.9 Å². The first kappa shape index (κ1) is 54.3. The molecule has 374 valence electrons. The van der Waals surface area contributed by atoms with Crippen molar-refractivity contribution in [2.45, 2.75) is 83.7 Å². The van der Waals surface area contributed by atoms with Crippen molar-refractivity contribution in [2.24, 2.45) is 0 Å². The third kappa shape index (κ3) is 16.2. The summed E-state index contributed by atoms with van der Waals surface area (Å²) in [5.74, 6) is 1.25. The molecule has 4 atom stereocenters. The zero-order valence-corrected chi connectivity index (χ0v) is 41.4. The number of nitrogens with zero attached hydrogens (tertiary/aromatic N) is 1. The van der Waals surface area contributed by atoms with Gasteiger partial charge >= 0.3 is 11.9 Å². The quantitative estimate of drug-likeness (QED) is 0.0295. The molecule has 0 bridgehead atoms. The second-order valence-electron chi connectivity index (χ2n) is 18.7. The molecule has 70 heavy (non-hydrogen) atoms. The van der Waals surface area contributed by atoms with Crippen molar-refractivity contribution in [1.82, 2.24) is 0 Å². The normalized spacial score (nSPS) is 13.2. The number of ether oxygens (including phenoxy) is 6. The number of aliphatic hydroxyl groups excluding tert-OH is 4. The maximum atomic E-state index is 11.6. The van der Waals surface area contributed by atoms with Crippen LogP contribution in [0.15, 0.2) is 146 Å². The number of benzene rings is 5. The standard InChI is InChI=1S/C57H69NO12/c1-38(2)54(63)69-36-48(61)34-67-52-26-16-43(17-27-52)56(6,7)41-12-22-50(23-13-41)65-32-46(59)30-58(45-20-10-40(5)11-21-45)31-47(60)33-66-51-24-14-42(15-25-51)57(8,9)44-18-28-53(29-19-44)68-35-49(62)37-70-55(64)39(3)4/h10-29,46-49,59-62H,1,3,30-37H2,2,4-9H3. The number of aliphatic hydroxyl groups is 4. The number of anilines is 1. The molecule has 4 unspecified atom stereocenters. The molecule has 0 aliphatic heterocycles. The van der Waals surface area contributed by atoms with Crippen LogP contribution in [0.3, 0.4) is 0 Å². The van der Waals surface area contributed by atoms with Gasteiger partial charge in [0, 0.05) is 40.8 Å². The predicted octanol–water partition coefficient (Wildman–Crippen LogP) is 8.05. The second kappa shape index (κ2) is 25.3. The summed E-state index contributed by atoms with van der Waals surface area (Å²) in [4.78, 5) is 25.1. The molecule has 0 radical (unpaired) electrons. The van der Waals surface area contributed by atoms with E-state index in [-0.39, 0.29) is 74.7 Å². The number of carbonyl (C=O) groups excluding carboxylic acids is 2. The van der Waals surface area contributed by atoms with Gasteiger partial charge in [0.25, 0.3) is 0 Å². The minimum atomic E-state index is -0.977.